The van der Waals surface area contributed by atoms with Crippen LogP contribution in [0.5, 0.6) is 0 Å². The molecule has 9 heteroatoms. The number of aromatic nitrogens is 2. The average Bonchev–Trinajstić information content (AvgIpc) is 3.12. The number of halogens is 1. The van der Waals surface area contributed by atoms with Crippen molar-refractivity contribution < 1.29 is 19.1 Å². The largest absolute Gasteiger partial charge is 0.465 e. The SMILES string of the molecule is O=C(O)NC(Cc1ccc(F)cc1)C(=O)Nc1cnc(-c2ccncc2)s1. The molecule has 7 nitrogen and oxygen atoms in total. The van der Waals surface area contributed by atoms with E-state index in [1.807, 2.05) is 0 Å². The van der Waals surface area contributed by atoms with Gasteiger partial charge >= 0.3 is 6.09 Å². The molecule has 0 bridgehead atoms. The summed E-state index contributed by atoms with van der Waals surface area (Å²) in [5.41, 5.74) is 1.49. The number of nitrogens with zero attached hydrogens (tertiary/aromatic N) is 2. The minimum atomic E-state index is -1.32. The van der Waals surface area contributed by atoms with Crippen LogP contribution in [0.25, 0.3) is 10.6 Å². The van der Waals surface area contributed by atoms with Gasteiger partial charge in [0.25, 0.3) is 0 Å². The van der Waals surface area contributed by atoms with Gasteiger partial charge in [0, 0.05) is 24.4 Å². The number of nitrogens with one attached hydrogen (secondary N) is 2. The minimum Gasteiger partial charge on any atom is -0.465 e. The molecule has 0 aliphatic heterocycles. The van der Waals surface area contributed by atoms with E-state index in [1.165, 1.54) is 41.8 Å². The fourth-order valence-corrected chi connectivity index (χ4v) is 3.21. The Morgan fingerprint density at radius 3 is 2.52 bits per heavy atom. The Hall–Kier alpha value is -3.33. The fraction of sp³-hybridized carbons (Fsp3) is 0.111. The van der Waals surface area contributed by atoms with Crippen LogP contribution in [0.2, 0.25) is 0 Å². The summed E-state index contributed by atoms with van der Waals surface area (Å²) in [6, 6.07) is 8.10. The highest BCUT2D eigenvalue weighted by atomic mass is 32.1. The monoisotopic (exact) mass is 386 g/mol. The van der Waals surface area contributed by atoms with Crippen LogP contribution in [0.15, 0.2) is 55.0 Å². The standard InChI is InChI=1S/C18H15FN4O3S/c19-13-3-1-11(2-4-13)9-14(22-18(25)26)16(24)23-15-10-21-17(27-15)12-5-7-20-8-6-12/h1-8,10,14,22H,9H2,(H,23,24)(H,25,26). The van der Waals surface area contributed by atoms with Crippen LogP contribution in [0.3, 0.4) is 0 Å². The predicted molar refractivity (Wildman–Crippen MR) is 99.0 cm³/mol. The molecule has 0 aliphatic carbocycles. The lowest BCUT2D eigenvalue weighted by Crippen LogP contribution is -2.44. The molecule has 1 atom stereocenters. The van der Waals surface area contributed by atoms with Crippen LogP contribution < -0.4 is 10.6 Å². The smallest absolute Gasteiger partial charge is 0.405 e. The first kappa shape index (κ1) is 18.5. The third kappa shape index (κ3) is 5.08. The molecular weight excluding hydrogens is 371 g/mol. The van der Waals surface area contributed by atoms with Gasteiger partial charge in [0.2, 0.25) is 5.91 Å². The van der Waals surface area contributed by atoms with Crippen molar-refractivity contribution in [2.45, 2.75) is 12.5 Å². The molecule has 0 saturated heterocycles. The summed E-state index contributed by atoms with van der Waals surface area (Å²) in [5, 5.41) is 15.1. The molecule has 138 valence electrons. The molecule has 0 saturated carbocycles. The number of benzene rings is 1. The van der Waals surface area contributed by atoms with Gasteiger partial charge in [-0.3, -0.25) is 9.78 Å². The summed E-state index contributed by atoms with van der Waals surface area (Å²) >= 11 is 1.26. The maximum Gasteiger partial charge on any atom is 0.405 e. The Balaban J connectivity index is 1.71. The quantitative estimate of drug-likeness (QED) is 0.604. The number of pyridine rings is 1. The molecule has 0 radical (unpaired) electrons. The van der Waals surface area contributed by atoms with Gasteiger partial charge in [-0.2, -0.15) is 0 Å². The van der Waals surface area contributed by atoms with Crippen molar-refractivity contribution in [1.29, 1.82) is 0 Å². The normalized spacial score (nSPS) is 11.6. The number of thiazole rings is 1. The van der Waals surface area contributed by atoms with E-state index in [2.05, 4.69) is 20.6 Å². The maximum absolute atomic E-state index is 13.0. The summed E-state index contributed by atoms with van der Waals surface area (Å²) in [4.78, 5) is 31.7. The Kier molecular flexibility index (Phi) is 5.72. The van der Waals surface area contributed by atoms with Gasteiger partial charge in [0.1, 0.15) is 21.9 Å². The summed E-state index contributed by atoms with van der Waals surface area (Å²) in [6.45, 7) is 0. The third-order valence-corrected chi connectivity index (χ3v) is 4.61. The van der Waals surface area contributed by atoms with Crippen molar-refractivity contribution in [2.75, 3.05) is 5.32 Å². The summed E-state index contributed by atoms with van der Waals surface area (Å²) in [5.74, 6) is -0.925. The highest BCUT2D eigenvalue weighted by Gasteiger charge is 2.22. The minimum absolute atomic E-state index is 0.0917. The zero-order valence-electron chi connectivity index (χ0n) is 13.9. The Morgan fingerprint density at radius 2 is 1.85 bits per heavy atom. The van der Waals surface area contributed by atoms with E-state index in [0.29, 0.717) is 15.6 Å². The number of carbonyl (C=O) groups excluding carboxylic acids is 1. The van der Waals surface area contributed by atoms with Crippen LogP contribution in [-0.2, 0) is 11.2 Å². The van der Waals surface area contributed by atoms with Crippen molar-refractivity contribution in [3.8, 4) is 10.6 Å². The molecule has 3 N–H and O–H groups in total. The third-order valence-electron chi connectivity index (χ3n) is 3.65. The lowest BCUT2D eigenvalue weighted by atomic mass is 10.1. The lowest BCUT2D eigenvalue weighted by Gasteiger charge is -2.16. The molecule has 2 aromatic heterocycles. The van der Waals surface area contributed by atoms with Gasteiger partial charge in [0.15, 0.2) is 0 Å². The van der Waals surface area contributed by atoms with E-state index >= 15 is 0 Å². The number of carbonyl (C=O) groups is 2. The molecule has 3 rings (SSSR count). The van der Waals surface area contributed by atoms with E-state index in [4.69, 9.17) is 5.11 Å². The van der Waals surface area contributed by atoms with Gasteiger partial charge in [0.05, 0.1) is 6.20 Å². The van der Waals surface area contributed by atoms with E-state index < -0.39 is 23.9 Å². The molecule has 3 aromatic rings. The Morgan fingerprint density at radius 1 is 1.15 bits per heavy atom. The predicted octanol–water partition coefficient (Wildman–Crippen LogP) is 3.16. The highest BCUT2D eigenvalue weighted by molar-refractivity contribution is 7.19. The molecular formula is C18H15FN4O3S. The molecule has 1 unspecified atom stereocenters. The summed E-state index contributed by atoms with van der Waals surface area (Å²) in [6.07, 6.45) is 3.57. The van der Waals surface area contributed by atoms with E-state index in [1.54, 1.807) is 24.5 Å². The van der Waals surface area contributed by atoms with Crippen LogP contribution in [-0.4, -0.2) is 33.1 Å². The summed E-state index contributed by atoms with van der Waals surface area (Å²) < 4.78 is 13.0. The van der Waals surface area contributed by atoms with Crippen LogP contribution >= 0.6 is 11.3 Å². The molecule has 2 heterocycles. The number of hydrogen-bond donors (Lipinski definition) is 3. The second-order valence-electron chi connectivity index (χ2n) is 5.59. The van der Waals surface area contributed by atoms with Crippen molar-refractivity contribution in [1.82, 2.24) is 15.3 Å². The van der Waals surface area contributed by atoms with Crippen molar-refractivity contribution in [3.63, 3.8) is 0 Å². The molecule has 2 amide bonds. The van der Waals surface area contributed by atoms with E-state index in [0.717, 1.165) is 5.56 Å². The number of amides is 2. The first-order valence-electron chi connectivity index (χ1n) is 7.92. The average molecular weight is 386 g/mol. The maximum atomic E-state index is 13.0. The number of rotatable bonds is 6. The first-order valence-corrected chi connectivity index (χ1v) is 8.74. The molecule has 1 aromatic carbocycles. The molecule has 0 spiro atoms. The van der Waals surface area contributed by atoms with Gasteiger partial charge in [-0.05, 0) is 29.8 Å². The van der Waals surface area contributed by atoms with E-state index in [9.17, 15) is 14.0 Å². The van der Waals surface area contributed by atoms with Crippen molar-refractivity contribution in [2.24, 2.45) is 0 Å². The van der Waals surface area contributed by atoms with Crippen LogP contribution in [0, 0.1) is 5.82 Å². The Bertz CT molecular complexity index is 931. The summed E-state index contributed by atoms with van der Waals surface area (Å²) in [7, 11) is 0. The zero-order valence-corrected chi connectivity index (χ0v) is 14.7. The van der Waals surface area contributed by atoms with Gasteiger partial charge in [-0.1, -0.05) is 23.5 Å². The van der Waals surface area contributed by atoms with Gasteiger partial charge in [-0.15, -0.1) is 0 Å². The highest BCUT2D eigenvalue weighted by Crippen LogP contribution is 2.28. The zero-order chi connectivity index (χ0) is 19.2. The number of hydrogen-bond acceptors (Lipinski definition) is 5. The number of anilines is 1. The second kappa shape index (κ2) is 8.37. The van der Waals surface area contributed by atoms with Crippen molar-refractivity contribution >= 4 is 28.3 Å². The fourth-order valence-electron chi connectivity index (χ4n) is 2.38. The van der Waals surface area contributed by atoms with Gasteiger partial charge in [-0.25, -0.2) is 14.2 Å². The topological polar surface area (TPSA) is 104 Å². The lowest BCUT2D eigenvalue weighted by molar-refractivity contribution is -0.118. The molecule has 0 aliphatic rings. The second-order valence-corrected chi connectivity index (χ2v) is 6.62. The Labute approximate surface area is 157 Å². The molecule has 0 fully saturated rings. The van der Waals surface area contributed by atoms with Crippen LogP contribution in [0.1, 0.15) is 5.56 Å². The molecule has 27 heavy (non-hydrogen) atoms. The van der Waals surface area contributed by atoms with Crippen LogP contribution in [0.4, 0.5) is 14.2 Å². The van der Waals surface area contributed by atoms with Crippen molar-refractivity contribution in [3.05, 3.63) is 66.4 Å². The number of carboxylic acid groups (broad SMARTS) is 1. The van der Waals surface area contributed by atoms with Gasteiger partial charge < -0.3 is 15.7 Å². The van der Waals surface area contributed by atoms with E-state index in [-0.39, 0.29) is 6.42 Å². The first-order chi connectivity index (χ1) is 13.0.